The third-order valence-corrected chi connectivity index (χ3v) is 2.89. The SMILES string of the molecule is N#Cc1ccc(OC[C@@H]2CCCN2)c([N+](=O)[O-])c1. The maximum absolute atomic E-state index is 10.9. The van der Waals surface area contributed by atoms with E-state index >= 15 is 0 Å². The molecule has 1 fully saturated rings. The lowest BCUT2D eigenvalue weighted by Gasteiger charge is -2.12. The Labute approximate surface area is 104 Å². The van der Waals surface area contributed by atoms with Gasteiger partial charge in [-0.1, -0.05) is 0 Å². The molecule has 6 nitrogen and oxygen atoms in total. The Morgan fingerprint density at radius 2 is 2.44 bits per heavy atom. The zero-order valence-electron chi connectivity index (χ0n) is 9.76. The summed E-state index contributed by atoms with van der Waals surface area (Å²) in [6, 6.07) is 6.35. The highest BCUT2D eigenvalue weighted by Gasteiger charge is 2.19. The van der Waals surface area contributed by atoms with Gasteiger partial charge in [-0.3, -0.25) is 10.1 Å². The summed E-state index contributed by atoms with van der Waals surface area (Å²) in [5.74, 6) is 0.215. The normalized spacial score (nSPS) is 18.3. The van der Waals surface area contributed by atoms with Crippen LogP contribution < -0.4 is 10.1 Å². The fourth-order valence-electron chi connectivity index (χ4n) is 1.94. The molecule has 1 N–H and O–H groups in total. The molecule has 1 aliphatic heterocycles. The van der Waals surface area contributed by atoms with Crippen molar-refractivity contribution in [2.45, 2.75) is 18.9 Å². The number of hydrogen-bond donors (Lipinski definition) is 1. The average Bonchev–Trinajstić information content (AvgIpc) is 2.89. The van der Waals surface area contributed by atoms with Crippen LogP contribution >= 0.6 is 0 Å². The first-order chi connectivity index (χ1) is 8.70. The van der Waals surface area contributed by atoms with Crippen molar-refractivity contribution in [3.8, 4) is 11.8 Å². The molecule has 1 aromatic carbocycles. The molecule has 1 heterocycles. The molecule has 0 unspecified atom stereocenters. The van der Waals surface area contributed by atoms with Crippen LogP contribution in [0.3, 0.4) is 0 Å². The molecule has 6 heteroatoms. The molecular weight excluding hydrogens is 234 g/mol. The highest BCUT2D eigenvalue weighted by atomic mass is 16.6. The number of nitro benzene ring substituents is 1. The van der Waals surface area contributed by atoms with Crippen LogP contribution in [0.1, 0.15) is 18.4 Å². The molecule has 0 aromatic heterocycles. The summed E-state index contributed by atoms with van der Waals surface area (Å²) in [5, 5.41) is 22.9. The molecule has 94 valence electrons. The van der Waals surface area contributed by atoms with E-state index < -0.39 is 4.92 Å². The highest BCUT2D eigenvalue weighted by Crippen LogP contribution is 2.28. The van der Waals surface area contributed by atoms with Crippen molar-refractivity contribution in [3.63, 3.8) is 0 Å². The van der Waals surface area contributed by atoms with Gasteiger partial charge in [0.1, 0.15) is 6.61 Å². The quantitative estimate of drug-likeness (QED) is 0.644. The van der Waals surface area contributed by atoms with E-state index in [1.54, 1.807) is 0 Å². The van der Waals surface area contributed by atoms with Gasteiger partial charge in [-0.15, -0.1) is 0 Å². The van der Waals surface area contributed by atoms with Crippen LogP contribution in [0.2, 0.25) is 0 Å². The minimum Gasteiger partial charge on any atom is -0.485 e. The summed E-state index contributed by atoms with van der Waals surface area (Å²) in [4.78, 5) is 10.4. The molecule has 0 saturated carbocycles. The zero-order valence-corrected chi connectivity index (χ0v) is 9.76. The van der Waals surface area contributed by atoms with Crippen molar-refractivity contribution >= 4 is 5.69 Å². The number of benzene rings is 1. The van der Waals surface area contributed by atoms with Gasteiger partial charge in [0.15, 0.2) is 5.75 Å². The minimum atomic E-state index is -0.530. The number of hydrogen-bond acceptors (Lipinski definition) is 5. The van der Waals surface area contributed by atoms with Crippen LogP contribution in [0, 0.1) is 21.4 Å². The molecule has 0 amide bonds. The van der Waals surface area contributed by atoms with Gasteiger partial charge in [-0.25, -0.2) is 0 Å². The van der Waals surface area contributed by atoms with Crippen molar-refractivity contribution in [2.75, 3.05) is 13.2 Å². The summed E-state index contributed by atoms with van der Waals surface area (Å²) >= 11 is 0. The van der Waals surface area contributed by atoms with Crippen molar-refractivity contribution in [1.82, 2.24) is 5.32 Å². The Morgan fingerprint density at radius 1 is 1.61 bits per heavy atom. The Bertz CT molecular complexity index is 490. The average molecular weight is 247 g/mol. The Morgan fingerprint density at radius 3 is 3.06 bits per heavy atom. The first-order valence-corrected chi connectivity index (χ1v) is 5.75. The molecule has 2 rings (SSSR count). The van der Waals surface area contributed by atoms with Gasteiger partial charge in [0.05, 0.1) is 16.6 Å². The number of rotatable bonds is 4. The number of nitro groups is 1. The number of nitrogens with zero attached hydrogens (tertiary/aromatic N) is 2. The second-order valence-electron chi connectivity index (χ2n) is 4.16. The van der Waals surface area contributed by atoms with Gasteiger partial charge in [0, 0.05) is 12.1 Å². The van der Waals surface area contributed by atoms with E-state index in [0.29, 0.717) is 6.61 Å². The van der Waals surface area contributed by atoms with E-state index in [1.807, 2.05) is 6.07 Å². The molecule has 0 spiro atoms. The van der Waals surface area contributed by atoms with Crippen LogP contribution in [0.4, 0.5) is 5.69 Å². The summed E-state index contributed by atoms with van der Waals surface area (Å²) in [5.41, 5.74) is 0.0973. The van der Waals surface area contributed by atoms with Gasteiger partial charge in [-0.05, 0) is 31.5 Å². The van der Waals surface area contributed by atoms with Gasteiger partial charge in [-0.2, -0.15) is 5.26 Å². The van der Waals surface area contributed by atoms with E-state index in [4.69, 9.17) is 10.00 Å². The third kappa shape index (κ3) is 2.76. The fourth-order valence-corrected chi connectivity index (χ4v) is 1.94. The molecule has 1 aromatic rings. The number of nitriles is 1. The van der Waals surface area contributed by atoms with Gasteiger partial charge < -0.3 is 10.1 Å². The van der Waals surface area contributed by atoms with Crippen LogP contribution in [0.15, 0.2) is 18.2 Å². The van der Waals surface area contributed by atoms with E-state index in [2.05, 4.69) is 5.32 Å². The second-order valence-corrected chi connectivity index (χ2v) is 4.16. The predicted molar refractivity (Wildman–Crippen MR) is 64.3 cm³/mol. The standard InChI is InChI=1S/C12H13N3O3/c13-7-9-3-4-12(11(6-9)15(16)17)18-8-10-2-1-5-14-10/h3-4,6,10,14H,1-2,5,8H2/t10-/m0/s1. The van der Waals surface area contributed by atoms with Gasteiger partial charge >= 0.3 is 5.69 Å². The minimum absolute atomic E-state index is 0.160. The van der Waals surface area contributed by atoms with Crippen molar-refractivity contribution in [3.05, 3.63) is 33.9 Å². The summed E-state index contributed by atoms with van der Waals surface area (Å²) in [6.07, 6.45) is 2.12. The van der Waals surface area contributed by atoms with Crippen molar-refractivity contribution < 1.29 is 9.66 Å². The lowest BCUT2D eigenvalue weighted by molar-refractivity contribution is -0.385. The third-order valence-electron chi connectivity index (χ3n) is 2.89. The fraction of sp³-hybridized carbons (Fsp3) is 0.417. The maximum Gasteiger partial charge on any atom is 0.312 e. The van der Waals surface area contributed by atoms with Crippen LogP contribution in [0.5, 0.6) is 5.75 Å². The molecular formula is C12H13N3O3. The van der Waals surface area contributed by atoms with Crippen LogP contribution in [-0.4, -0.2) is 24.1 Å². The summed E-state index contributed by atoms with van der Waals surface area (Å²) in [6.45, 7) is 1.37. The van der Waals surface area contributed by atoms with Crippen molar-refractivity contribution in [1.29, 1.82) is 5.26 Å². The maximum atomic E-state index is 10.9. The molecule has 1 saturated heterocycles. The molecule has 0 aliphatic carbocycles. The predicted octanol–water partition coefficient (Wildman–Crippen LogP) is 1.60. The first-order valence-electron chi connectivity index (χ1n) is 5.75. The monoisotopic (exact) mass is 247 g/mol. The Kier molecular flexibility index (Phi) is 3.75. The molecule has 18 heavy (non-hydrogen) atoms. The van der Waals surface area contributed by atoms with E-state index in [9.17, 15) is 10.1 Å². The zero-order chi connectivity index (χ0) is 13.0. The summed E-state index contributed by atoms with van der Waals surface area (Å²) in [7, 11) is 0. The van der Waals surface area contributed by atoms with E-state index in [1.165, 1.54) is 18.2 Å². The number of ether oxygens (including phenoxy) is 1. The molecule has 1 aliphatic rings. The van der Waals surface area contributed by atoms with E-state index in [-0.39, 0.29) is 23.0 Å². The topological polar surface area (TPSA) is 88.2 Å². The van der Waals surface area contributed by atoms with E-state index in [0.717, 1.165) is 19.4 Å². The molecule has 0 bridgehead atoms. The first kappa shape index (κ1) is 12.3. The lowest BCUT2D eigenvalue weighted by atomic mass is 10.2. The Hall–Kier alpha value is -2.13. The second kappa shape index (κ2) is 5.47. The lowest BCUT2D eigenvalue weighted by Crippen LogP contribution is -2.28. The highest BCUT2D eigenvalue weighted by molar-refractivity contribution is 5.51. The molecule has 1 atom stereocenters. The summed E-state index contributed by atoms with van der Waals surface area (Å²) < 4.78 is 5.47. The van der Waals surface area contributed by atoms with Crippen LogP contribution in [0.25, 0.3) is 0 Å². The smallest absolute Gasteiger partial charge is 0.312 e. The van der Waals surface area contributed by atoms with Crippen molar-refractivity contribution in [2.24, 2.45) is 0 Å². The largest absolute Gasteiger partial charge is 0.485 e. The Balaban J connectivity index is 2.11. The van der Waals surface area contributed by atoms with Gasteiger partial charge in [0.2, 0.25) is 0 Å². The van der Waals surface area contributed by atoms with Gasteiger partial charge in [0.25, 0.3) is 0 Å². The van der Waals surface area contributed by atoms with Crippen LogP contribution in [-0.2, 0) is 0 Å². The number of nitrogens with one attached hydrogen (secondary N) is 1. The molecule has 0 radical (unpaired) electrons.